The summed E-state index contributed by atoms with van der Waals surface area (Å²) in [6.45, 7) is 8.71. The number of carbonyl (C=O) groups excluding carboxylic acids is 1. The highest BCUT2D eigenvalue weighted by atomic mass is 16.5. The zero-order chi connectivity index (χ0) is 15.1. The van der Waals surface area contributed by atoms with Crippen molar-refractivity contribution in [3.05, 3.63) is 12.8 Å². The summed E-state index contributed by atoms with van der Waals surface area (Å²) in [7, 11) is 3.73. The van der Waals surface area contributed by atoms with Gasteiger partial charge in [0.25, 0.3) is 0 Å². The quantitative estimate of drug-likeness (QED) is 0.719. The number of hydrogen-bond acceptors (Lipinski definition) is 3. The molecule has 1 saturated heterocycles. The molecule has 1 aliphatic heterocycles. The van der Waals surface area contributed by atoms with Gasteiger partial charge in [-0.2, -0.15) is 0 Å². The SMILES string of the molecule is C=CN(C)C1CC(CC)N(C(=O)CCOC)C(CC)C1. The molecule has 2 atom stereocenters. The zero-order valence-electron chi connectivity index (χ0n) is 13.5. The van der Waals surface area contributed by atoms with E-state index < -0.39 is 0 Å². The molecule has 1 heterocycles. The Morgan fingerprint density at radius 1 is 1.35 bits per heavy atom. The lowest BCUT2D eigenvalue weighted by Crippen LogP contribution is -2.55. The van der Waals surface area contributed by atoms with Crippen molar-refractivity contribution in [1.82, 2.24) is 9.80 Å². The number of rotatable bonds is 7. The molecule has 4 heteroatoms. The third kappa shape index (κ3) is 3.98. The number of piperidine rings is 1. The lowest BCUT2D eigenvalue weighted by molar-refractivity contribution is -0.140. The highest BCUT2D eigenvalue weighted by Gasteiger charge is 2.37. The summed E-state index contributed by atoms with van der Waals surface area (Å²) < 4.78 is 5.05. The molecule has 0 N–H and O–H groups in total. The van der Waals surface area contributed by atoms with E-state index >= 15 is 0 Å². The fourth-order valence-electron chi connectivity index (χ4n) is 3.18. The van der Waals surface area contributed by atoms with E-state index in [4.69, 9.17) is 4.74 Å². The minimum absolute atomic E-state index is 0.241. The monoisotopic (exact) mass is 282 g/mol. The maximum absolute atomic E-state index is 12.5. The van der Waals surface area contributed by atoms with Crippen LogP contribution in [0.3, 0.4) is 0 Å². The Kier molecular flexibility index (Phi) is 7.06. The normalized spacial score (nSPS) is 26.4. The average Bonchev–Trinajstić information content (AvgIpc) is 2.50. The molecule has 4 nitrogen and oxygen atoms in total. The third-order valence-electron chi connectivity index (χ3n) is 4.49. The molecule has 0 aromatic carbocycles. The van der Waals surface area contributed by atoms with Gasteiger partial charge in [-0.15, -0.1) is 0 Å². The van der Waals surface area contributed by atoms with E-state index in [1.54, 1.807) is 7.11 Å². The van der Waals surface area contributed by atoms with Gasteiger partial charge < -0.3 is 14.5 Å². The molecule has 0 saturated carbocycles. The number of ether oxygens (including phenoxy) is 1. The number of amides is 1. The molecule has 0 bridgehead atoms. The van der Waals surface area contributed by atoms with Crippen LogP contribution in [0.5, 0.6) is 0 Å². The number of methoxy groups -OCH3 is 1. The van der Waals surface area contributed by atoms with Gasteiger partial charge in [-0.25, -0.2) is 0 Å². The molecule has 1 fully saturated rings. The average molecular weight is 282 g/mol. The second-order valence-corrected chi connectivity index (χ2v) is 5.64. The Morgan fingerprint density at radius 3 is 2.30 bits per heavy atom. The number of nitrogens with zero attached hydrogens (tertiary/aromatic N) is 2. The maximum Gasteiger partial charge on any atom is 0.225 e. The Labute approximate surface area is 123 Å². The summed E-state index contributed by atoms with van der Waals surface area (Å²) in [4.78, 5) is 16.8. The van der Waals surface area contributed by atoms with Gasteiger partial charge in [-0.1, -0.05) is 20.4 Å². The summed E-state index contributed by atoms with van der Waals surface area (Å²) in [6, 6.07) is 1.17. The van der Waals surface area contributed by atoms with Crippen LogP contribution >= 0.6 is 0 Å². The van der Waals surface area contributed by atoms with Crippen molar-refractivity contribution in [2.24, 2.45) is 0 Å². The van der Waals surface area contributed by atoms with E-state index in [-0.39, 0.29) is 5.91 Å². The Morgan fingerprint density at radius 2 is 1.90 bits per heavy atom. The van der Waals surface area contributed by atoms with Gasteiger partial charge >= 0.3 is 0 Å². The lowest BCUT2D eigenvalue weighted by Gasteiger charge is -2.47. The van der Waals surface area contributed by atoms with E-state index in [0.29, 0.717) is 31.2 Å². The highest BCUT2D eigenvalue weighted by molar-refractivity contribution is 5.77. The lowest BCUT2D eigenvalue weighted by atomic mass is 9.87. The fraction of sp³-hybridized carbons (Fsp3) is 0.812. The molecule has 0 aromatic heterocycles. The van der Waals surface area contributed by atoms with Crippen LogP contribution in [0.2, 0.25) is 0 Å². The first kappa shape index (κ1) is 17.0. The largest absolute Gasteiger partial charge is 0.384 e. The predicted octanol–water partition coefficient (Wildman–Crippen LogP) is 2.65. The van der Waals surface area contributed by atoms with E-state index in [1.807, 2.05) is 6.20 Å². The predicted molar refractivity (Wildman–Crippen MR) is 82.5 cm³/mol. The summed E-state index contributed by atoms with van der Waals surface area (Å²) in [5, 5.41) is 0. The van der Waals surface area contributed by atoms with Crippen molar-refractivity contribution < 1.29 is 9.53 Å². The molecule has 0 aliphatic carbocycles. The van der Waals surface area contributed by atoms with Gasteiger partial charge in [0.1, 0.15) is 0 Å². The molecular weight excluding hydrogens is 252 g/mol. The smallest absolute Gasteiger partial charge is 0.225 e. The van der Waals surface area contributed by atoms with Gasteiger partial charge in [-0.3, -0.25) is 4.79 Å². The van der Waals surface area contributed by atoms with Gasteiger partial charge in [0, 0.05) is 32.3 Å². The summed E-state index contributed by atoms with van der Waals surface area (Å²) in [6.07, 6.45) is 6.48. The number of likely N-dealkylation sites (tertiary alicyclic amines) is 1. The molecule has 20 heavy (non-hydrogen) atoms. The second-order valence-electron chi connectivity index (χ2n) is 5.64. The van der Waals surface area contributed by atoms with Crippen LogP contribution in [-0.4, -0.2) is 54.6 Å². The molecule has 2 unspecified atom stereocenters. The van der Waals surface area contributed by atoms with Crippen LogP contribution in [0.15, 0.2) is 12.8 Å². The van der Waals surface area contributed by atoms with E-state index in [9.17, 15) is 4.79 Å². The molecule has 0 radical (unpaired) electrons. The van der Waals surface area contributed by atoms with Crippen LogP contribution in [0.4, 0.5) is 0 Å². The molecule has 1 amide bonds. The molecular formula is C16H30N2O2. The van der Waals surface area contributed by atoms with Crippen molar-refractivity contribution in [1.29, 1.82) is 0 Å². The van der Waals surface area contributed by atoms with Crippen molar-refractivity contribution >= 4 is 5.91 Å². The van der Waals surface area contributed by atoms with E-state index in [0.717, 1.165) is 25.7 Å². The van der Waals surface area contributed by atoms with Crippen LogP contribution < -0.4 is 0 Å². The first-order chi connectivity index (χ1) is 9.58. The molecule has 1 rings (SSSR count). The third-order valence-corrected chi connectivity index (χ3v) is 4.49. The standard InChI is InChI=1S/C16H30N2O2/c1-6-13-11-15(17(4)8-3)12-14(7-2)18(13)16(19)9-10-20-5/h8,13-15H,3,6-7,9-12H2,1-2,4-5H3. The highest BCUT2D eigenvalue weighted by Crippen LogP contribution is 2.30. The molecule has 116 valence electrons. The Balaban J connectivity index is 2.82. The van der Waals surface area contributed by atoms with Gasteiger partial charge in [-0.05, 0) is 31.9 Å². The van der Waals surface area contributed by atoms with Crippen LogP contribution in [-0.2, 0) is 9.53 Å². The zero-order valence-corrected chi connectivity index (χ0v) is 13.5. The fourth-order valence-corrected chi connectivity index (χ4v) is 3.18. The van der Waals surface area contributed by atoms with Crippen LogP contribution in [0.25, 0.3) is 0 Å². The van der Waals surface area contributed by atoms with Crippen molar-refractivity contribution in [2.45, 2.75) is 64.1 Å². The van der Waals surface area contributed by atoms with Crippen molar-refractivity contribution in [3.8, 4) is 0 Å². The Hall–Kier alpha value is -1.03. The molecule has 1 aliphatic rings. The van der Waals surface area contributed by atoms with Crippen molar-refractivity contribution in [3.63, 3.8) is 0 Å². The maximum atomic E-state index is 12.5. The van der Waals surface area contributed by atoms with Crippen molar-refractivity contribution in [2.75, 3.05) is 20.8 Å². The van der Waals surface area contributed by atoms with Gasteiger partial charge in [0.2, 0.25) is 5.91 Å². The van der Waals surface area contributed by atoms with Gasteiger partial charge in [0.15, 0.2) is 0 Å². The minimum Gasteiger partial charge on any atom is -0.384 e. The number of hydrogen-bond donors (Lipinski definition) is 0. The first-order valence-electron chi connectivity index (χ1n) is 7.73. The van der Waals surface area contributed by atoms with Crippen LogP contribution in [0.1, 0.15) is 46.0 Å². The Bertz CT molecular complexity index is 306. The van der Waals surface area contributed by atoms with Crippen LogP contribution in [0, 0.1) is 0 Å². The first-order valence-corrected chi connectivity index (χ1v) is 7.73. The van der Waals surface area contributed by atoms with Gasteiger partial charge in [0.05, 0.1) is 13.0 Å². The molecule has 0 aromatic rings. The van der Waals surface area contributed by atoms with E-state index in [2.05, 4.69) is 37.3 Å². The summed E-state index contributed by atoms with van der Waals surface area (Å²) in [5.74, 6) is 0.241. The second kappa shape index (κ2) is 8.30. The minimum atomic E-state index is 0.241. The summed E-state index contributed by atoms with van der Waals surface area (Å²) in [5.41, 5.74) is 0. The number of carbonyl (C=O) groups is 1. The van der Waals surface area contributed by atoms with E-state index in [1.165, 1.54) is 0 Å². The topological polar surface area (TPSA) is 32.8 Å². The molecule has 0 spiro atoms. The summed E-state index contributed by atoms with van der Waals surface area (Å²) >= 11 is 0.